The number of thiophene rings is 1. The fraction of sp³-hybridized carbons (Fsp3) is 0.300. The molecular formula is C20H21ClN4O5S. The number of aryl methyl sites for hydroxylation is 2. The van der Waals surface area contributed by atoms with E-state index in [4.69, 9.17) is 15.6 Å². The van der Waals surface area contributed by atoms with Gasteiger partial charge in [-0.1, -0.05) is 6.07 Å². The number of fused-ring (bicyclic) bond motifs is 4. The van der Waals surface area contributed by atoms with E-state index in [0.717, 1.165) is 48.2 Å². The van der Waals surface area contributed by atoms with Gasteiger partial charge in [0, 0.05) is 4.88 Å². The Hall–Kier alpha value is -2.95. The van der Waals surface area contributed by atoms with E-state index in [0.29, 0.717) is 16.8 Å². The zero-order chi connectivity index (χ0) is 21.3. The smallest absolute Gasteiger partial charge is 0.372 e. The molecule has 5 rings (SSSR count). The lowest BCUT2D eigenvalue weighted by molar-refractivity contribution is -0.118. The van der Waals surface area contributed by atoms with Crippen LogP contribution in [-0.4, -0.2) is 40.1 Å². The Bertz CT molecular complexity index is 1210. The summed E-state index contributed by atoms with van der Waals surface area (Å²) in [4.78, 5) is 41.5. The fourth-order valence-corrected chi connectivity index (χ4v) is 4.82. The molecule has 1 aliphatic carbocycles. The number of carbonyl (C=O) groups excluding carboxylic acids is 1. The van der Waals surface area contributed by atoms with Crippen LogP contribution >= 0.6 is 23.7 Å². The maximum atomic E-state index is 11.8. The third-order valence-corrected chi connectivity index (χ3v) is 6.07. The highest BCUT2D eigenvalue weighted by Gasteiger charge is 2.22. The number of nitrogens with one attached hydrogen (secondary N) is 2. The van der Waals surface area contributed by atoms with Gasteiger partial charge in [-0.3, -0.25) is 9.59 Å². The Morgan fingerprint density at radius 1 is 1.29 bits per heavy atom. The summed E-state index contributed by atoms with van der Waals surface area (Å²) < 4.78 is 5.23. The summed E-state index contributed by atoms with van der Waals surface area (Å²) in [6.45, 7) is 0.705. The molecule has 1 aromatic carbocycles. The fourth-order valence-electron chi connectivity index (χ4n) is 3.56. The second-order valence-corrected chi connectivity index (χ2v) is 8.05. The number of amides is 1. The monoisotopic (exact) mass is 464 g/mol. The van der Waals surface area contributed by atoms with Crippen LogP contribution < -0.4 is 21.3 Å². The van der Waals surface area contributed by atoms with Crippen LogP contribution in [0, 0.1) is 0 Å². The largest absolute Gasteiger partial charge is 0.482 e. The van der Waals surface area contributed by atoms with Gasteiger partial charge in [-0.05, 0) is 55.5 Å². The van der Waals surface area contributed by atoms with Crippen molar-refractivity contribution in [2.75, 3.05) is 18.5 Å². The number of carboxylic acid groups (broad SMARTS) is 1. The van der Waals surface area contributed by atoms with E-state index in [-0.39, 0.29) is 36.3 Å². The van der Waals surface area contributed by atoms with Gasteiger partial charge in [-0.15, -0.1) is 23.7 Å². The SMILES string of the molecule is Cl.NCCc1ccc2c(c1)NC(=O)CO2.O=C(O)c1nc2sc3c(c2c(=O)[nH]1)CCC3. The average Bonchev–Trinajstić information content (AvgIpc) is 3.29. The molecule has 0 radical (unpaired) electrons. The molecule has 0 saturated carbocycles. The summed E-state index contributed by atoms with van der Waals surface area (Å²) in [6.07, 6.45) is 3.74. The van der Waals surface area contributed by atoms with Crippen molar-refractivity contribution in [2.24, 2.45) is 5.73 Å². The van der Waals surface area contributed by atoms with Crippen LogP contribution in [0.25, 0.3) is 10.2 Å². The van der Waals surface area contributed by atoms with Crippen molar-refractivity contribution in [3.8, 4) is 5.75 Å². The molecule has 31 heavy (non-hydrogen) atoms. The average molecular weight is 465 g/mol. The molecule has 0 atom stereocenters. The Morgan fingerprint density at radius 2 is 2.10 bits per heavy atom. The quantitative estimate of drug-likeness (QED) is 0.464. The topological polar surface area (TPSA) is 147 Å². The number of hydrogen-bond acceptors (Lipinski definition) is 7. The standard InChI is InChI=1S/C10H8N2O3S.C10H12N2O2.ClH/c13-8-6-4-2-1-3-5(4)16-9(6)12-7(11-8)10(14)15;11-4-3-7-1-2-9-8(5-7)12-10(13)6-14-9;/h1-3H2,(H,14,15)(H,11,12,13);1-2,5H,3-4,6,11H2,(H,12,13);1H. The third kappa shape index (κ3) is 4.71. The normalized spacial score (nSPS) is 13.8. The van der Waals surface area contributed by atoms with Crippen molar-refractivity contribution in [3.05, 3.63) is 50.4 Å². The number of hydrogen-bond donors (Lipinski definition) is 4. The number of nitrogens with two attached hydrogens (primary N) is 1. The minimum absolute atomic E-state index is 0. The second-order valence-electron chi connectivity index (χ2n) is 6.96. The van der Waals surface area contributed by atoms with Crippen molar-refractivity contribution in [1.82, 2.24) is 9.97 Å². The van der Waals surface area contributed by atoms with Crippen LogP contribution in [0.3, 0.4) is 0 Å². The summed E-state index contributed by atoms with van der Waals surface area (Å²) in [5.74, 6) is -0.863. The predicted molar refractivity (Wildman–Crippen MR) is 120 cm³/mol. The highest BCUT2D eigenvalue weighted by molar-refractivity contribution is 7.18. The number of rotatable bonds is 3. The molecule has 1 aliphatic heterocycles. The van der Waals surface area contributed by atoms with Crippen molar-refractivity contribution in [2.45, 2.75) is 25.7 Å². The number of halogens is 1. The summed E-state index contributed by atoms with van der Waals surface area (Å²) in [7, 11) is 0. The third-order valence-electron chi connectivity index (χ3n) is 4.89. The van der Waals surface area contributed by atoms with Gasteiger partial charge in [0.1, 0.15) is 10.6 Å². The van der Waals surface area contributed by atoms with Crippen molar-refractivity contribution in [1.29, 1.82) is 0 Å². The highest BCUT2D eigenvalue weighted by atomic mass is 35.5. The first-order valence-corrected chi connectivity index (χ1v) is 10.3. The van der Waals surface area contributed by atoms with E-state index in [1.165, 1.54) is 16.2 Å². The molecule has 2 aromatic heterocycles. The number of carboxylic acids is 1. The number of aromatic carboxylic acids is 1. The van der Waals surface area contributed by atoms with Crippen LogP contribution in [0.2, 0.25) is 0 Å². The minimum atomic E-state index is -1.20. The predicted octanol–water partition coefficient (Wildman–Crippen LogP) is 2.11. The van der Waals surface area contributed by atoms with Crippen molar-refractivity contribution < 1.29 is 19.4 Å². The zero-order valence-corrected chi connectivity index (χ0v) is 18.0. The molecule has 9 nitrogen and oxygen atoms in total. The van der Waals surface area contributed by atoms with Gasteiger partial charge < -0.3 is 25.9 Å². The Kier molecular flexibility index (Phi) is 6.94. The number of aromatic amines is 1. The van der Waals surface area contributed by atoms with E-state index in [1.54, 1.807) is 0 Å². The van der Waals surface area contributed by atoms with E-state index in [9.17, 15) is 14.4 Å². The molecule has 3 aromatic rings. The molecular weight excluding hydrogens is 444 g/mol. The molecule has 5 N–H and O–H groups in total. The summed E-state index contributed by atoms with van der Waals surface area (Å²) in [5, 5.41) is 12.1. The van der Waals surface area contributed by atoms with Crippen LogP contribution in [0.1, 0.15) is 33.0 Å². The van der Waals surface area contributed by atoms with Gasteiger partial charge in [0.2, 0.25) is 5.82 Å². The van der Waals surface area contributed by atoms with Crippen LogP contribution in [0.4, 0.5) is 5.69 Å². The van der Waals surface area contributed by atoms with Gasteiger partial charge >= 0.3 is 5.97 Å². The molecule has 0 saturated heterocycles. The molecule has 0 bridgehead atoms. The van der Waals surface area contributed by atoms with E-state index < -0.39 is 5.97 Å². The Labute approximate surface area is 187 Å². The second kappa shape index (κ2) is 9.46. The molecule has 0 fully saturated rings. The lowest BCUT2D eigenvalue weighted by Crippen LogP contribution is -2.25. The Balaban J connectivity index is 0.000000172. The van der Waals surface area contributed by atoms with Gasteiger partial charge in [-0.2, -0.15) is 0 Å². The maximum Gasteiger partial charge on any atom is 0.372 e. The summed E-state index contributed by atoms with van der Waals surface area (Å²) >= 11 is 1.44. The molecule has 3 heterocycles. The number of nitrogens with zero attached hydrogens (tertiary/aromatic N) is 1. The van der Waals surface area contributed by atoms with Gasteiger partial charge in [0.25, 0.3) is 11.5 Å². The number of ether oxygens (including phenoxy) is 1. The molecule has 11 heteroatoms. The van der Waals surface area contributed by atoms with Crippen LogP contribution in [-0.2, 0) is 24.1 Å². The lowest BCUT2D eigenvalue weighted by atomic mass is 10.1. The molecule has 1 amide bonds. The van der Waals surface area contributed by atoms with Crippen molar-refractivity contribution >= 4 is 51.5 Å². The number of aromatic nitrogens is 2. The summed E-state index contributed by atoms with van der Waals surface area (Å²) in [6, 6.07) is 5.72. The van der Waals surface area contributed by atoms with Gasteiger partial charge in [-0.25, -0.2) is 9.78 Å². The van der Waals surface area contributed by atoms with Crippen molar-refractivity contribution in [3.63, 3.8) is 0 Å². The number of benzene rings is 1. The number of H-pyrrole nitrogens is 1. The number of carbonyl (C=O) groups is 2. The van der Waals surface area contributed by atoms with E-state index in [1.807, 2.05) is 18.2 Å². The van der Waals surface area contributed by atoms with Crippen LogP contribution in [0.15, 0.2) is 23.0 Å². The first-order chi connectivity index (χ1) is 14.5. The van der Waals surface area contributed by atoms with E-state index >= 15 is 0 Å². The minimum Gasteiger partial charge on any atom is -0.482 e. The van der Waals surface area contributed by atoms with Gasteiger partial charge in [0.15, 0.2) is 6.61 Å². The maximum absolute atomic E-state index is 11.8. The first-order valence-electron chi connectivity index (χ1n) is 9.49. The summed E-state index contributed by atoms with van der Waals surface area (Å²) in [5.41, 5.74) is 8.03. The van der Waals surface area contributed by atoms with E-state index in [2.05, 4.69) is 15.3 Å². The molecule has 0 spiro atoms. The molecule has 2 aliphatic rings. The zero-order valence-electron chi connectivity index (χ0n) is 16.4. The first kappa shape index (κ1) is 22.7. The number of anilines is 1. The molecule has 0 unspecified atom stereocenters. The Morgan fingerprint density at radius 3 is 2.84 bits per heavy atom. The van der Waals surface area contributed by atoms with Crippen LogP contribution in [0.5, 0.6) is 5.75 Å². The molecule has 164 valence electrons. The lowest BCUT2D eigenvalue weighted by Gasteiger charge is -2.18. The van der Waals surface area contributed by atoms with Gasteiger partial charge in [0.05, 0.1) is 11.1 Å². The highest BCUT2D eigenvalue weighted by Crippen LogP contribution is 2.34.